The summed E-state index contributed by atoms with van der Waals surface area (Å²) in [7, 11) is -2.80. The summed E-state index contributed by atoms with van der Waals surface area (Å²) >= 11 is 0. The first-order chi connectivity index (χ1) is 24.1. The maximum atomic E-state index is 10.8. The fourth-order valence-corrected chi connectivity index (χ4v) is 14.0. The van der Waals surface area contributed by atoms with Gasteiger partial charge in [0.05, 0.1) is 34.3 Å². The zero-order chi connectivity index (χ0) is 33.4. The van der Waals surface area contributed by atoms with Crippen LogP contribution in [-0.2, 0) is 0 Å². The maximum Gasteiger partial charge on any atom is 0.158 e. The quantitative estimate of drug-likeness (QED) is 0.134. The van der Waals surface area contributed by atoms with Crippen molar-refractivity contribution in [3.8, 4) is 29.0 Å². The molecule has 0 fully saturated rings. The van der Waals surface area contributed by atoms with Crippen molar-refractivity contribution in [2.45, 2.75) is 18.4 Å². The van der Waals surface area contributed by atoms with Gasteiger partial charge in [0.2, 0.25) is 0 Å². The Morgan fingerprint density at radius 2 is 1.22 bits per heavy atom. The van der Waals surface area contributed by atoms with Crippen LogP contribution in [0.3, 0.4) is 0 Å². The lowest BCUT2D eigenvalue weighted by molar-refractivity contribution is 0.739. The summed E-state index contributed by atoms with van der Waals surface area (Å²) < 4.78 is 2.22. The van der Waals surface area contributed by atoms with Crippen LogP contribution >= 0.6 is 0 Å². The molecule has 1 aliphatic rings. The van der Waals surface area contributed by atoms with E-state index < -0.39 is 8.07 Å². The third-order valence-electron chi connectivity index (χ3n) is 10.3. The molecule has 0 amide bonds. The van der Waals surface area contributed by atoms with Gasteiger partial charge in [-0.2, -0.15) is 10.5 Å². The average molecular weight is 644 g/mol. The summed E-state index contributed by atoms with van der Waals surface area (Å²) in [6, 6.07) is 55.9. The van der Waals surface area contributed by atoms with Crippen molar-refractivity contribution in [3.05, 3.63) is 181 Å². The molecule has 0 saturated carbocycles. The Morgan fingerprint density at radius 1 is 0.612 bits per heavy atom. The van der Waals surface area contributed by atoms with E-state index in [-0.39, 0.29) is 5.04 Å². The van der Waals surface area contributed by atoms with E-state index in [0.29, 0.717) is 11.1 Å². The molecule has 8 rings (SSSR count). The van der Waals surface area contributed by atoms with Gasteiger partial charge in [-0.25, -0.2) is 0 Å². The monoisotopic (exact) mass is 643 g/mol. The van der Waals surface area contributed by atoms with Gasteiger partial charge in [0.25, 0.3) is 0 Å². The number of benzene rings is 6. The number of hydrogen-bond donors (Lipinski definition) is 0. The van der Waals surface area contributed by atoms with Crippen LogP contribution in [0.1, 0.15) is 24.5 Å². The van der Waals surface area contributed by atoms with E-state index in [2.05, 4.69) is 169 Å². The Hall–Kier alpha value is -6.20. The molecule has 6 aromatic carbocycles. The van der Waals surface area contributed by atoms with Gasteiger partial charge in [-0.15, -0.1) is 0 Å². The van der Waals surface area contributed by atoms with Gasteiger partial charge in [0.15, 0.2) is 8.07 Å². The van der Waals surface area contributed by atoms with Crippen molar-refractivity contribution in [1.29, 1.82) is 10.5 Å². The molecular weight excluding hydrogens is 611 g/mol. The normalized spacial score (nSPS) is 15.7. The van der Waals surface area contributed by atoms with Gasteiger partial charge in [0, 0.05) is 16.5 Å². The van der Waals surface area contributed by atoms with Crippen molar-refractivity contribution >= 4 is 45.4 Å². The number of allylic oxidation sites excluding steroid dienone is 4. The van der Waals surface area contributed by atoms with Crippen molar-refractivity contribution in [1.82, 2.24) is 4.57 Å². The Kier molecular flexibility index (Phi) is 7.45. The van der Waals surface area contributed by atoms with Crippen LogP contribution < -0.4 is 15.6 Å². The second-order valence-electron chi connectivity index (χ2n) is 13.0. The predicted molar refractivity (Wildman–Crippen MR) is 204 cm³/mol. The first-order valence-corrected chi connectivity index (χ1v) is 18.6. The molecule has 7 aromatic rings. The SMILES string of the molecule is CC1([Si](c2ccccc2)(c2ccccc2)c2ccc(-c3cc(C#N)cc(-n4c5ccccc5c5ccccc54)c3)c(C#N)c2)C=CC=CC1. The Balaban J connectivity index is 1.37. The van der Waals surface area contributed by atoms with Crippen LogP contribution in [-0.4, -0.2) is 12.6 Å². The predicted octanol–water partition coefficient (Wildman–Crippen LogP) is 8.94. The minimum absolute atomic E-state index is 0.191. The highest BCUT2D eigenvalue weighted by atomic mass is 28.3. The summed E-state index contributed by atoms with van der Waals surface area (Å²) in [6.07, 6.45) is 9.87. The van der Waals surface area contributed by atoms with E-state index in [9.17, 15) is 10.5 Å². The average Bonchev–Trinajstić information content (AvgIpc) is 3.50. The van der Waals surface area contributed by atoms with Crippen LogP contribution in [0.25, 0.3) is 38.6 Å². The molecule has 4 heteroatoms. The molecule has 1 heterocycles. The molecule has 1 unspecified atom stereocenters. The number of nitriles is 2. The molecule has 0 bridgehead atoms. The van der Waals surface area contributed by atoms with Crippen molar-refractivity contribution in [2.24, 2.45) is 0 Å². The summed E-state index contributed by atoms with van der Waals surface area (Å²) in [6.45, 7) is 2.38. The fourth-order valence-electron chi connectivity index (χ4n) is 8.15. The molecular formula is C45H33N3Si. The highest BCUT2D eigenvalue weighted by Crippen LogP contribution is 2.45. The summed E-state index contributed by atoms with van der Waals surface area (Å²) in [5, 5.41) is 27.0. The molecule has 0 radical (unpaired) electrons. The fraction of sp³-hybridized carbons (Fsp3) is 0.0667. The number of para-hydroxylation sites is 2. The molecule has 0 N–H and O–H groups in total. The molecule has 49 heavy (non-hydrogen) atoms. The lowest BCUT2D eigenvalue weighted by Gasteiger charge is -2.47. The van der Waals surface area contributed by atoms with Crippen LogP contribution in [0, 0.1) is 22.7 Å². The second-order valence-corrected chi connectivity index (χ2v) is 17.4. The van der Waals surface area contributed by atoms with E-state index in [1.54, 1.807) is 0 Å². The van der Waals surface area contributed by atoms with E-state index >= 15 is 0 Å². The van der Waals surface area contributed by atoms with E-state index in [1.165, 1.54) is 15.6 Å². The van der Waals surface area contributed by atoms with Gasteiger partial charge in [-0.3, -0.25) is 0 Å². The minimum Gasteiger partial charge on any atom is -0.309 e. The van der Waals surface area contributed by atoms with Crippen molar-refractivity contribution in [3.63, 3.8) is 0 Å². The largest absolute Gasteiger partial charge is 0.309 e. The number of aromatic nitrogens is 1. The topological polar surface area (TPSA) is 52.5 Å². The lowest BCUT2D eigenvalue weighted by atomic mass is 9.98. The molecule has 232 valence electrons. The first kappa shape index (κ1) is 30.2. The number of hydrogen-bond acceptors (Lipinski definition) is 2. The summed E-state index contributed by atoms with van der Waals surface area (Å²) in [5.41, 5.74) is 5.85. The summed E-state index contributed by atoms with van der Waals surface area (Å²) in [5.74, 6) is 0. The van der Waals surface area contributed by atoms with Gasteiger partial charge in [0.1, 0.15) is 0 Å². The van der Waals surface area contributed by atoms with Crippen LogP contribution in [0.15, 0.2) is 170 Å². The van der Waals surface area contributed by atoms with Gasteiger partial charge in [-0.05, 0) is 74.5 Å². The van der Waals surface area contributed by atoms with Gasteiger partial charge in [-0.1, -0.05) is 140 Å². The Labute approximate surface area is 288 Å². The van der Waals surface area contributed by atoms with E-state index in [0.717, 1.165) is 45.0 Å². The highest BCUT2D eigenvalue weighted by Gasteiger charge is 2.52. The summed E-state index contributed by atoms with van der Waals surface area (Å²) in [4.78, 5) is 0. The standard InChI is InChI=1S/C45H33N3Si/c1-45(25-13-4-14-26-45)49(37-15-5-2-6-16-37,38-17-7-3-8-18-38)39-23-24-40(35(30-39)32-47)34-27-33(31-46)28-36(29-34)48-43-21-11-9-19-41(43)42-20-10-12-22-44(42)48/h2-25,27-30H,26H2,1H3. The zero-order valence-corrected chi connectivity index (χ0v) is 28.2. The lowest BCUT2D eigenvalue weighted by Crippen LogP contribution is -2.73. The van der Waals surface area contributed by atoms with Crippen LogP contribution in [0.4, 0.5) is 0 Å². The van der Waals surface area contributed by atoms with Gasteiger partial charge >= 0.3 is 0 Å². The molecule has 0 aliphatic heterocycles. The minimum atomic E-state index is -2.80. The number of nitrogens with zero attached hydrogens (tertiary/aromatic N) is 3. The second kappa shape index (κ2) is 12.1. The van der Waals surface area contributed by atoms with Gasteiger partial charge < -0.3 is 4.57 Å². The Bertz CT molecular complexity index is 2420. The van der Waals surface area contributed by atoms with E-state index in [4.69, 9.17) is 0 Å². The highest BCUT2D eigenvalue weighted by molar-refractivity contribution is 7.13. The van der Waals surface area contributed by atoms with Crippen LogP contribution in [0.5, 0.6) is 0 Å². The molecule has 3 nitrogen and oxygen atoms in total. The molecule has 1 aliphatic carbocycles. The third kappa shape index (κ3) is 4.77. The number of fused-ring (bicyclic) bond motifs is 3. The van der Waals surface area contributed by atoms with Crippen molar-refractivity contribution in [2.75, 3.05) is 0 Å². The molecule has 1 aromatic heterocycles. The smallest absolute Gasteiger partial charge is 0.158 e. The first-order valence-electron chi connectivity index (χ1n) is 16.6. The zero-order valence-electron chi connectivity index (χ0n) is 27.2. The van der Waals surface area contributed by atoms with E-state index in [1.807, 2.05) is 24.3 Å². The van der Waals surface area contributed by atoms with Crippen molar-refractivity contribution < 1.29 is 0 Å². The Morgan fingerprint density at radius 3 is 1.80 bits per heavy atom. The molecule has 0 saturated heterocycles. The molecule has 1 atom stereocenters. The number of rotatable bonds is 6. The van der Waals surface area contributed by atoms with Crippen LogP contribution in [0.2, 0.25) is 5.04 Å². The maximum absolute atomic E-state index is 10.8. The molecule has 0 spiro atoms. The third-order valence-corrected chi connectivity index (χ3v) is 16.0.